The van der Waals surface area contributed by atoms with Crippen molar-refractivity contribution in [2.45, 2.75) is 46.6 Å². The first-order valence-electron chi connectivity index (χ1n) is 9.40. The van der Waals surface area contributed by atoms with E-state index in [1.54, 1.807) is 6.20 Å². The lowest BCUT2D eigenvalue weighted by molar-refractivity contribution is 0.102. The Morgan fingerprint density at radius 2 is 1.96 bits per heavy atom. The van der Waals surface area contributed by atoms with Crippen LogP contribution in [-0.4, -0.2) is 25.7 Å². The summed E-state index contributed by atoms with van der Waals surface area (Å²) in [4.78, 5) is 22.5. The second-order valence-electron chi connectivity index (χ2n) is 7.56. The standard InChI is InChI=1S/C21H23N5OS/c1-11(2)16-9-14(15-10-22-26(12(3)4)19(15)23-16)20(27)25-21-24-18-13(5)7-6-8-17(18)28-21/h6-12H,1-5H3,(H,24,25,27). The lowest BCUT2D eigenvalue weighted by atomic mass is 10.0. The average molecular weight is 394 g/mol. The summed E-state index contributed by atoms with van der Waals surface area (Å²) in [5.74, 6) is 0.0193. The van der Waals surface area contributed by atoms with Crippen molar-refractivity contribution in [1.29, 1.82) is 0 Å². The van der Waals surface area contributed by atoms with E-state index in [2.05, 4.69) is 43.1 Å². The average Bonchev–Trinajstić information content (AvgIpc) is 3.25. The van der Waals surface area contributed by atoms with Gasteiger partial charge >= 0.3 is 0 Å². The monoisotopic (exact) mass is 393 g/mol. The fraction of sp³-hybridized carbons (Fsp3) is 0.333. The molecule has 144 valence electrons. The first-order chi connectivity index (χ1) is 13.3. The maximum absolute atomic E-state index is 13.1. The number of rotatable bonds is 4. The Bertz CT molecular complexity index is 1190. The Kier molecular flexibility index (Phi) is 4.63. The van der Waals surface area contributed by atoms with Crippen LogP contribution < -0.4 is 5.32 Å². The Labute approximate surface area is 167 Å². The number of hydrogen-bond donors (Lipinski definition) is 1. The van der Waals surface area contributed by atoms with Gasteiger partial charge in [-0.25, -0.2) is 14.6 Å². The predicted octanol–water partition coefficient (Wildman–Crippen LogP) is 5.31. The van der Waals surface area contributed by atoms with Gasteiger partial charge in [0.2, 0.25) is 0 Å². The van der Waals surface area contributed by atoms with Gasteiger partial charge in [-0.05, 0) is 44.4 Å². The molecule has 0 saturated carbocycles. The van der Waals surface area contributed by atoms with Crippen molar-refractivity contribution in [3.63, 3.8) is 0 Å². The van der Waals surface area contributed by atoms with Gasteiger partial charge < -0.3 is 0 Å². The molecule has 3 aromatic heterocycles. The number of fused-ring (bicyclic) bond motifs is 2. The van der Waals surface area contributed by atoms with Gasteiger partial charge in [-0.3, -0.25) is 10.1 Å². The number of aryl methyl sites for hydroxylation is 1. The Hall–Kier alpha value is -2.80. The van der Waals surface area contributed by atoms with Crippen molar-refractivity contribution in [1.82, 2.24) is 19.7 Å². The van der Waals surface area contributed by atoms with E-state index in [1.807, 2.05) is 35.9 Å². The Morgan fingerprint density at radius 3 is 2.64 bits per heavy atom. The molecule has 0 aliphatic heterocycles. The van der Waals surface area contributed by atoms with Gasteiger partial charge in [0.25, 0.3) is 5.91 Å². The molecule has 0 spiro atoms. The molecule has 28 heavy (non-hydrogen) atoms. The molecular formula is C21H23N5OS. The number of carbonyl (C=O) groups is 1. The molecule has 0 aliphatic carbocycles. The van der Waals surface area contributed by atoms with Crippen molar-refractivity contribution in [3.8, 4) is 0 Å². The van der Waals surface area contributed by atoms with E-state index in [0.29, 0.717) is 10.7 Å². The number of para-hydroxylation sites is 1. The summed E-state index contributed by atoms with van der Waals surface area (Å²) >= 11 is 1.48. The highest BCUT2D eigenvalue weighted by Crippen LogP contribution is 2.29. The predicted molar refractivity (Wildman–Crippen MR) is 114 cm³/mol. The molecule has 1 amide bonds. The van der Waals surface area contributed by atoms with Gasteiger partial charge in [-0.15, -0.1) is 0 Å². The second-order valence-corrected chi connectivity index (χ2v) is 8.59. The summed E-state index contributed by atoms with van der Waals surface area (Å²) in [7, 11) is 0. The highest BCUT2D eigenvalue weighted by Gasteiger charge is 2.20. The van der Waals surface area contributed by atoms with Gasteiger partial charge in [0.05, 0.1) is 27.4 Å². The maximum atomic E-state index is 13.1. The highest BCUT2D eigenvalue weighted by molar-refractivity contribution is 7.22. The number of aromatic nitrogens is 4. The smallest absolute Gasteiger partial charge is 0.258 e. The number of pyridine rings is 1. The van der Waals surface area contributed by atoms with Gasteiger partial charge in [-0.1, -0.05) is 37.3 Å². The summed E-state index contributed by atoms with van der Waals surface area (Å²) in [5.41, 5.74) is 4.22. The molecule has 1 N–H and O–H groups in total. The number of anilines is 1. The summed E-state index contributed by atoms with van der Waals surface area (Å²) in [6.45, 7) is 10.3. The number of amides is 1. The third kappa shape index (κ3) is 3.16. The van der Waals surface area contributed by atoms with Crippen LogP contribution in [0.25, 0.3) is 21.3 Å². The molecule has 6 nitrogen and oxygen atoms in total. The zero-order valence-electron chi connectivity index (χ0n) is 16.6. The molecule has 3 heterocycles. The maximum Gasteiger partial charge on any atom is 0.258 e. The lowest BCUT2D eigenvalue weighted by Gasteiger charge is -2.11. The van der Waals surface area contributed by atoms with E-state index < -0.39 is 0 Å². The molecule has 4 rings (SSSR count). The van der Waals surface area contributed by atoms with Crippen LogP contribution in [0.5, 0.6) is 0 Å². The first-order valence-corrected chi connectivity index (χ1v) is 10.2. The number of nitrogens with zero attached hydrogens (tertiary/aromatic N) is 4. The first kappa shape index (κ1) is 18.6. The van der Waals surface area contributed by atoms with Crippen molar-refractivity contribution in [2.24, 2.45) is 0 Å². The molecule has 0 radical (unpaired) electrons. The highest BCUT2D eigenvalue weighted by atomic mass is 32.1. The van der Waals surface area contributed by atoms with Crippen LogP contribution in [-0.2, 0) is 0 Å². The van der Waals surface area contributed by atoms with Gasteiger partial charge in [0.1, 0.15) is 0 Å². The minimum Gasteiger partial charge on any atom is -0.298 e. The fourth-order valence-electron chi connectivity index (χ4n) is 3.20. The Balaban J connectivity index is 1.78. The van der Waals surface area contributed by atoms with Crippen molar-refractivity contribution >= 4 is 43.6 Å². The molecule has 0 aliphatic rings. The van der Waals surface area contributed by atoms with E-state index in [0.717, 1.165) is 32.5 Å². The van der Waals surface area contributed by atoms with E-state index in [4.69, 9.17) is 4.98 Å². The lowest BCUT2D eigenvalue weighted by Crippen LogP contribution is -2.14. The molecule has 7 heteroatoms. The van der Waals surface area contributed by atoms with Crippen LogP contribution in [0.15, 0.2) is 30.5 Å². The van der Waals surface area contributed by atoms with Gasteiger partial charge in [0.15, 0.2) is 10.8 Å². The summed E-state index contributed by atoms with van der Waals surface area (Å²) in [6, 6.07) is 8.07. The number of thiazole rings is 1. The van der Waals surface area contributed by atoms with Crippen LogP contribution in [0.1, 0.15) is 61.3 Å². The third-order valence-corrected chi connectivity index (χ3v) is 5.69. The van der Waals surface area contributed by atoms with Crippen LogP contribution in [0.4, 0.5) is 5.13 Å². The zero-order chi connectivity index (χ0) is 20.0. The largest absolute Gasteiger partial charge is 0.298 e. The molecule has 0 fully saturated rings. The SMILES string of the molecule is Cc1cccc2sc(NC(=O)c3cc(C(C)C)nc4c3cnn4C(C)C)nc12. The molecule has 0 unspecified atom stereocenters. The van der Waals surface area contributed by atoms with E-state index in [-0.39, 0.29) is 17.9 Å². The quantitative estimate of drug-likeness (QED) is 0.510. The number of carbonyl (C=O) groups excluding carboxylic acids is 1. The van der Waals surface area contributed by atoms with Crippen LogP contribution >= 0.6 is 11.3 Å². The minimum absolute atomic E-state index is 0.163. The van der Waals surface area contributed by atoms with E-state index >= 15 is 0 Å². The number of hydrogen-bond acceptors (Lipinski definition) is 5. The van der Waals surface area contributed by atoms with Crippen LogP contribution in [0.3, 0.4) is 0 Å². The van der Waals surface area contributed by atoms with E-state index in [9.17, 15) is 4.79 Å². The summed E-state index contributed by atoms with van der Waals surface area (Å²) in [5, 5.41) is 8.78. The summed E-state index contributed by atoms with van der Waals surface area (Å²) < 4.78 is 2.92. The molecule has 0 bridgehead atoms. The van der Waals surface area contributed by atoms with Crippen LogP contribution in [0.2, 0.25) is 0 Å². The minimum atomic E-state index is -0.186. The van der Waals surface area contributed by atoms with Gasteiger partial charge in [0, 0.05) is 11.7 Å². The fourth-order valence-corrected chi connectivity index (χ4v) is 4.14. The molecule has 0 atom stereocenters. The van der Waals surface area contributed by atoms with Crippen molar-refractivity contribution in [2.75, 3.05) is 5.32 Å². The molecule has 0 saturated heterocycles. The van der Waals surface area contributed by atoms with Crippen molar-refractivity contribution in [3.05, 3.63) is 47.3 Å². The normalized spacial score (nSPS) is 11.8. The number of benzene rings is 1. The van der Waals surface area contributed by atoms with Crippen molar-refractivity contribution < 1.29 is 4.79 Å². The van der Waals surface area contributed by atoms with E-state index in [1.165, 1.54) is 11.3 Å². The topological polar surface area (TPSA) is 72.7 Å². The third-order valence-electron chi connectivity index (χ3n) is 4.75. The summed E-state index contributed by atoms with van der Waals surface area (Å²) in [6.07, 6.45) is 1.73. The van der Waals surface area contributed by atoms with Gasteiger partial charge in [-0.2, -0.15) is 5.10 Å². The zero-order valence-corrected chi connectivity index (χ0v) is 17.5. The molecule has 4 aromatic rings. The number of nitrogens with one attached hydrogen (secondary N) is 1. The Morgan fingerprint density at radius 1 is 1.18 bits per heavy atom. The molecular weight excluding hydrogens is 370 g/mol. The second kappa shape index (κ2) is 6.98. The molecule has 1 aromatic carbocycles. The van der Waals surface area contributed by atoms with Crippen LogP contribution in [0, 0.1) is 6.92 Å².